The predicted octanol–water partition coefficient (Wildman–Crippen LogP) is 3.43. The Kier molecular flexibility index (Phi) is 3.15. The molecule has 1 aliphatic carbocycles. The van der Waals surface area contributed by atoms with Crippen LogP contribution in [-0.2, 0) is 4.79 Å². The van der Waals surface area contributed by atoms with Gasteiger partial charge in [0.15, 0.2) is 0 Å². The smallest absolute Gasteiger partial charge is 0.138 e. The van der Waals surface area contributed by atoms with Crippen molar-refractivity contribution in [2.24, 2.45) is 17.3 Å². The van der Waals surface area contributed by atoms with Crippen LogP contribution in [0.4, 0.5) is 0 Å². The summed E-state index contributed by atoms with van der Waals surface area (Å²) in [5.41, 5.74) is 0.480. The molecule has 0 aromatic rings. The molecule has 0 amide bonds. The first kappa shape index (κ1) is 10.7. The van der Waals surface area contributed by atoms with E-state index in [4.69, 9.17) is 0 Å². The third-order valence-corrected chi connectivity index (χ3v) is 3.31. The summed E-state index contributed by atoms with van der Waals surface area (Å²) in [6, 6.07) is 0. The maximum atomic E-state index is 11.7. The molecule has 1 fully saturated rings. The molecule has 0 aliphatic heterocycles. The Balaban J connectivity index is 2.46. The zero-order chi connectivity index (χ0) is 10.1. The van der Waals surface area contributed by atoms with Gasteiger partial charge in [-0.25, -0.2) is 0 Å². The normalized spacial score (nSPS) is 23.5. The van der Waals surface area contributed by atoms with Crippen LogP contribution >= 0.6 is 0 Å². The lowest BCUT2D eigenvalue weighted by Crippen LogP contribution is -2.28. The van der Waals surface area contributed by atoms with E-state index in [0.29, 0.717) is 17.1 Å². The van der Waals surface area contributed by atoms with Crippen LogP contribution in [0, 0.1) is 17.3 Å². The lowest BCUT2D eigenvalue weighted by molar-refractivity contribution is -0.127. The van der Waals surface area contributed by atoms with E-state index >= 15 is 0 Å². The average molecular weight is 182 g/mol. The molecule has 76 valence electrons. The van der Waals surface area contributed by atoms with Gasteiger partial charge in [0.25, 0.3) is 0 Å². The van der Waals surface area contributed by atoms with Crippen molar-refractivity contribution in [2.75, 3.05) is 0 Å². The first-order valence-electron chi connectivity index (χ1n) is 5.46. The van der Waals surface area contributed by atoms with Crippen LogP contribution in [0.2, 0.25) is 0 Å². The number of rotatable bonds is 2. The molecule has 1 heteroatoms. The van der Waals surface area contributed by atoms with Gasteiger partial charge in [0.1, 0.15) is 5.78 Å². The van der Waals surface area contributed by atoms with E-state index < -0.39 is 0 Å². The first-order chi connectivity index (χ1) is 5.92. The SMILES string of the molecule is CC(C)C(=O)C1CCC(C)(C)CC1. The molecule has 0 N–H and O–H groups in total. The molecule has 0 heterocycles. The van der Waals surface area contributed by atoms with Crippen LogP contribution in [0.15, 0.2) is 0 Å². The van der Waals surface area contributed by atoms with Crippen molar-refractivity contribution >= 4 is 5.78 Å². The quantitative estimate of drug-likeness (QED) is 0.639. The fraction of sp³-hybridized carbons (Fsp3) is 0.917. The highest BCUT2D eigenvalue weighted by Gasteiger charge is 2.31. The molecule has 0 atom stereocenters. The van der Waals surface area contributed by atoms with Crippen molar-refractivity contribution in [3.63, 3.8) is 0 Å². The number of carbonyl (C=O) groups excluding carboxylic acids is 1. The van der Waals surface area contributed by atoms with Gasteiger partial charge in [-0.3, -0.25) is 4.79 Å². The zero-order valence-electron chi connectivity index (χ0n) is 9.39. The van der Waals surface area contributed by atoms with Gasteiger partial charge in [-0.15, -0.1) is 0 Å². The van der Waals surface area contributed by atoms with Crippen LogP contribution in [0.1, 0.15) is 53.4 Å². The summed E-state index contributed by atoms with van der Waals surface area (Å²) in [5, 5.41) is 0. The number of Topliss-reactive ketones (excluding diaryl/α,β-unsaturated/α-hetero) is 1. The maximum absolute atomic E-state index is 11.7. The van der Waals surface area contributed by atoms with Crippen LogP contribution in [0.5, 0.6) is 0 Å². The highest BCUT2D eigenvalue weighted by atomic mass is 16.1. The van der Waals surface area contributed by atoms with Crippen LogP contribution in [0.25, 0.3) is 0 Å². The number of hydrogen-bond donors (Lipinski definition) is 0. The van der Waals surface area contributed by atoms with E-state index in [-0.39, 0.29) is 5.92 Å². The largest absolute Gasteiger partial charge is 0.299 e. The highest BCUT2D eigenvalue weighted by Crippen LogP contribution is 2.38. The van der Waals surface area contributed by atoms with Crippen molar-refractivity contribution in [3.05, 3.63) is 0 Å². The fourth-order valence-corrected chi connectivity index (χ4v) is 2.16. The third kappa shape index (κ3) is 2.82. The monoisotopic (exact) mass is 182 g/mol. The van der Waals surface area contributed by atoms with E-state index in [1.807, 2.05) is 13.8 Å². The summed E-state index contributed by atoms with van der Waals surface area (Å²) in [6.45, 7) is 8.65. The topological polar surface area (TPSA) is 17.1 Å². The predicted molar refractivity (Wildman–Crippen MR) is 55.6 cm³/mol. The lowest BCUT2D eigenvalue weighted by atomic mass is 9.71. The fourth-order valence-electron chi connectivity index (χ4n) is 2.16. The van der Waals surface area contributed by atoms with Gasteiger partial charge in [0, 0.05) is 11.8 Å². The van der Waals surface area contributed by atoms with Gasteiger partial charge < -0.3 is 0 Å². The molecule has 13 heavy (non-hydrogen) atoms. The molecule has 0 aromatic heterocycles. The van der Waals surface area contributed by atoms with Gasteiger partial charge >= 0.3 is 0 Å². The highest BCUT2D eigenvalue weighted by molar-refractivity contribution is 5.82. The average Bonchev–Trinajstić information content (AvgIpc) is 2.03. The van der Waals surface area contributed by atoms with E-state index in [1.54, 1.807) is 0 Å². The van der Waals surface area contributed by atoms with Crippen molar-refractivity contribution < 1.29 is 4.79 Å². The molecular weight excluding hydrogens is 160 g/mol. The molecular formula is C12H22O. The van der Waals surface area contributed by atoms with Gasteiger partial charge in [-0.05, 0) is 31.1 Å². The minimum absolute atomic E-state index is 0.228. The Labute approximate surface area is 81.9 Å². The summed E-state index contributed by atoms with van der Waals surface area (Å²) in [6.07, 6.45) is 4.67. The second kappa shape index (κ2) is 3.81. The minimum Gasteiger partial charge on any atom is -0.299 e. The maximum Gasteiger partial charge on any atom is 0.138 e. The summed E-state index contributed by atoms with van der Waals surface area (Å²) in [7, 11) is 0. The number of carbonyl (C=O) groups is 1. The standard InChI is InChI=1S/C12H22O/c1-9(2)11(13)10-5-7-12(3,4)8-6-10/h9-10H,5-8H2,1-4H3. The number of ketones is 1. The van der Waals surface area contributed by atoms with Crippen LogP contribution < -0.4 is 0 Å². The van der Waals surface area contributed by atoms with Gasteiger partial charge in [0.05, 0.1) is 0 Å². The molecule has 0 saturated heterocycles. The zero-order valence-corrected chi connectivity index (χ0v) is 9.39. The van der Waals surface area contributed by atoms with E-state index in [2.05, 4.69) is 13.8 Å². The number of hydrogen-bond acceptors (Lipinski definition) is 1. The van der Waals surface area contributed by atoms with Crippen LogP contribution in [-0.4, -0.2) is 5.78 Å². The van der Waals surface area contributed by atoms with Gasteiger partial charge in [-0.1, -0.05) is 27.7 Å². The second-order valence-electron chi connectivity index (χ2n) is 5.50. The van der Waals surface area contributed by atoms with Crippen molar-refractivity contribution in [1.82, 2.24) is 0 Å². The Morgan fingerprint density at radius 3 is 2.08 bits per heavy atom. The van der Waals surface area contributed by atoms with Gasteiger partial charge in [0.2, 0.25) is 0 Å². The minimum atomic E-state index is 0.228. The molecule has 0 aromatic carbocycles. The first-order valence-corrected chi connectivity index (χ1v) is 5.46. The van der Waals surface area contributed by atoms with Crippen molar-refractivity contribution in [3.8, 4) is 0 Å². The third-order valence-electron chi connectivity index (χ3n) is 3.31. The summed E-state index contributed by atoms with van der Waals surface area (Å²) >= 11 is 0. The summed E-state index contributed by atoms with van der Waals surface area (Å²) in [5.74, 6) is 1.08. The molecule has 0 unspecified atom stereocenters. The second-order valence-corrected chi connectivity index (χ2v) is 5.50. The van der Waals surface area contributed by atoms with E-state index in [1.165, 1.54) is 12.8 Å². The Hall–Kier alpha value is -0.330. The molecule has 0 radical (unpaired) electrons. The molecule has 1 rings (SSSR count). The van der Waals surface area contributed by atoms with Crippen molar-refractivity contribution in [2.45, 2.75) is 53.4 Å². The molecule has 1 aliphatic rings. The Bertz CT molecular complexity index is 181. The lowest BCUT2D eigenvalue weighted by Gasteiger charge is -2.34. The Morgan fingerprint density at radius 2 is 1.69 bits per heavy atom. The summed E-state index contributed by atoms with van der Waals surface area (Å²) < 4.78 is 0. The summed E-state index contributed by atoms with van der Waals surface area (Å²) in [4.78, 5) is 11.7. The van der Waals surface area contributed by atoms with Crippen LogP contribution in [0.3, 0.4) is 0 Å². The van der Waals surface area contributed by atoms with E-state index in [9.17, 15) is 4.79 Å². The molecule has 1 nitrogen and oxygen atoms in total. The molecule has 1 saturated carbocycles. The molecule has 0 spiro atoms. The van der Waals surface area contributed by atoms with E-state index in [0.717, 1.165) is 12.8 Å². The Morgan fingerprint density at radius 1 is 1.23 bits per heavy atom. The van der Waals surface area contributed by atoms with Crippen molar-refractivity contribution in [1.29, 1.82) is 0 Å². The molecule has 0 bridgehead atoms. The van der Waals surface area contributed by atoms with Gasteiger partial charge in [-0.2, -0.15) is 0 Å².